The average Bonchev–Trinajstić information content (AvgIpc) is 2.94. The smallest absolute Gasteiger partial charge is 0.248 e. The van der Waals surface area contributed by atoms with Crippen LogP contribution < -0.4 is 14.8 Å². The zero-order valence-corrected chi connectivity index (χ0v) is 15.8. The molecule has 0 atom stereocenters. The minimum atomic E-state index is -0.244. The molecule has 0 fully saturated rings. The van der Waals surface area contributed by atoms with Crippen LogP contribution in [-0.2, 0) is 11.8 Å². The maximum Gasteiger partial charge on any atom is 0.248 e. The number of carbonyl (C=O) groups is 1. The third-order valence-corrected chi connectivity index (χ3v) is 4.05. The Balaban J connectivity index is 1.73. The number of nitrogens with one attached hydrogen (secondary N) is 1. The molecular formula is C20H22N4O3. The Morgan fingerprint density at radius 1 is 1.30 bits per heavy atom. The summed E-state index contributed by atoms with van der Waals surface area (Å²) >= 11 is 0. The number of benzene rings is 1. The lowest BCUT2D eigenvalue weighted by atomic mass is 10.2. The number of anilines is 1. The van der Waals surface area contributed by atoms with Crippen LogP contribution in [0, 0.1) is 6.92 Å². The molecule has 27 heavy (non-hydrogen) atoms. The molecule has 140 valence electrons. The number of aromatic nitrogens is 3. The number of nitrogens with zero attached hydrogens (tertiary/aromatic N) is 3. The van der Waals surface area contributed by atoms with E-state index in [9.17, 15) is 4.79 Å². The number of amides is 1. The Hall–Kier alpha value is -3.35. The fourth-order valence-corrected chi connectivity index (χ4v) is 2.80. The summed E-state index contributed by atoms with van der Waals surface area (Å²) in [5.74, 6) is 1.06. The second kappa shape index (κ2) is 7.90. The summed E-state index contributed by atoms with van der Waals surface area (Å²) in [5, 5.41) is 8.06. The number of hydrogen-bond acceptors (Lipinski definition) is 5. The Morgan fingerprint density at radius 3 is 2.85 bits per heavy atom. The standard InChI is InChI=1S/C20H22N4O3/c1-5-27-18-10-14(6-8-17(18)26-4)7-9-19(25)22-15-11-16-13(2)23-24(3)20(16)21-12-15/h6-12H,5H2,1-4H3,(H,22,25)/b9-7+. The van der Waals surface area contributed by atoms with Crippen molar-refractivity contribution in [3.05, 3.63) is 47.8 Å². The molecule has 7 heteroatoms. The highest BCUT2D eigenvalue weighted by Crippen LogP contribution is 2.28. The summed E-state index contributed by atoms with van der Waals surface area (Å²) in [7, 11) is 3.43. The first kappa shape index (κ1) is 18.4. The summed E-state index contributed by atoms with van der Waals surface area (Å²) in [6.07, 6.45) is 4.81. The molecule has 0 saturated heterocycles. The molecule has 1 aromatic carbocycles. The molecule has 0 unspecified atom stereocenters. The third-order valence-electron chi connectivity index (χ3n) is 4.05. The van der Waals surface area contributed by atoms with Crippen LogP contribution in [0.25, 0.3) is 17.1 Å². The Labute approximate surface area is 157 Å². The normalized spacial score (nSPS) is 11.1. The number of hydrogen-bond donors (Lipinski definition) is 1. The maximum atomic E-state index is 12.2. The first-order valence-corrected chi connectivity index (χ1v) is 8.61. The van der Waals surface area contributed by atoms with Crippen molar-refractivity contribution < 1.29 is 14.3 Å². The molecule has 3 rings (SSSR count). The molecule has 1 N–H and O–H groups in total. The molecule has 0 radical (unpaired) electrons. The number of rotatable bonds is 6. The molecule has 2 aromatic heterocycles. The van der Waals surface area contributed by atoms with Crippen molar-refractivity contribution in [2.75, 3.05) is 19.0 Å². The van der Waals surface area contributed by atoms with E-state index in [2.05, 4.69) is 15.4 Å². The highest BCUT2D eigenvalue weighted by molar-refractivity contribution is 6.02. The van der Waals surface area contributed by atoms with Crippen molar-refractivity contribution in [1.29, 1.82) is 0 Å². The van der Waals surface area contributed by atoms with E-state index in [4.69, 9.17) is 9.47 Å². The van der Waals surface area contributed by atoms with Gasteiger partial charge in [0.1, 0.15) is 0 Å². The van der Waals surface area contributed by atoms with Gasteiger partial charge in [-0.15, -0.1) is 0 Å². The van der Waals surface area contributed by atoms with E-state index in [0.29, 0.717) is 23.8 Å². The SMILES string of the molecule is CCOc1cc(/C=C/C(=O)Nc2cnc3c(c2)c(C)nn3C)ccc1OC. The second-order valence-corrected chi connectivity index (χ2v) is 5.97. The summed E-state index contributed by atoms with van der Waals surface area (Å²) in [5.41, 5.74) is 3.11. The number of methoxy groups -OCH3 is 1. The quantitative estimate of drug-likeness (QED) is 0.677. The molecule has 2 heterocycles. The number of pyridine rings is 1. The number of aryl methyl sites for hydroxylation is 2. The van der Waals surface area contributed by atoms with E-state index in [0.717, 1.165) is 22.3 Å². The van der Waals surface area contributed by atoms with Gasteiger partial charge in [0.15, 0.2) is 17.1 Å². The van der Waals surface area contributed by atoms with Crippen molar-refractivity contribution in [2.45, 2.75) is 13.8 Å². The number of fused-ring (bicyclic) bond motifs is 1. The molecule has 0 aliphatic heterocycles. The van der Waals surface area contributed by atoms with Gasteiger partial charge in [-0.2, -0.15) is 5.10 Å². The summed E-state index contributed by atoms with van der Waals surface area (Å²) in [6, 6.07) is 7.37. The van der Waals surface area contributed by atoms with Gasteiger partial charge >= 0.3 is 0 Å². The van der Waals surface area contributed by atoms with E-state index in [1.165, 1.54) is 6.08 Å². The van der Waals surface area contributed by atoms with Crippen molar-refractivity contribution in [1.82, 2.24) is 14.8 Å². The third kappa shape index (κ3) is 4.08. The fourth-order valence-electron chi connectivity index (χ4n) is 2.80. The molecule has 0 spiro atoms. The minimum absolute atomic E-state index is 0.244. The van der Waals surface area contributed by atoms with Crippen molar-refractivity contribution in [3.63, 3.8) is 0 Å². The number of carbonyl (C=O) groups excluding carboxylic acids is 1. The fraction of sp³-hybridized carbons (Fsp3) is 0.250. The molecular weight excluding hydrogens is 344 g/mol. The van der Waals surface area contributed by atoms with Crippen LogP contribution in [0.5, 0.6) is 11.5 Å². The van der Waals surface area contributed by atoms with Gasteiger partial charge in [-0.1, -0.05) is 6.07 Å². The van der Waals surface area contributed by atoms with Crippen LogP contribution in [0.4, 0.5) is 5.69 Å². The summed E-state index contributed by atoms with van der Waals surface area (Å²) < 4.78 is 12.5. The predicted molar refractivity (Wildman–Crippen MR) is 105 cm³/mol. The lowest BCUT2D eigenvalue weighted by molar-refractivity contribution is -0.111. The van der Waals surface area contributed by atoms with E-state index in [1.54, 1.807) is 24.1 Å². The van der Waals surface area contributed by atoms with Crippen LogP contribution in [0.1, 0.15) is 18.2 Å². The van der Waals surface area contributed by atoms with Crippen LogP contribution in [0.3, 0.4) is 0 Å². The van der Waals surface area contributed by atoms with Crippen LogP contribution in [0.2, 0.25) is 0 Å². The van der Waals surface area contributed by atoms with E-state index >= 15 is 0 Å². The maximum absolute atomic E-state index is 12.2. The Kier molecular flexibility index (Phi) is 5.40. The zero-order chi connectivity index (χ0) is 19.4. The molecule has 3 aromatic rings. The molecule has 0 saturated carbocycles. The van der Waals surface area contributed by atoms with Crippen LogP contribution in [0.15, 0.2) is 36.5 Å². The zero-order valence-electron chi connectivity index (χ0n) is 15.8. The predicted octanol–water partition coefficient (Wildman–Crippen LogP) is 3.34. The van der Waals surface area contributed by atoms with E-state index in [1.807, 2.05) is 45.2 Å². The molecule has 0 bridgehead atoms. The first-order chi connectivity index (χ1) is 13.0. The van der Waals surface area contributed by atoms with Gasteiger partial charge in [0.2, 0.25) is 5.91 Å². The van der Waals surface area contributed by atoms with Gasteiger partial charge in [-0.25, -0.2) is 4.98 Å². The Morgan fingerprint density at radius 2 is 2.11 bits per heavy atom. The van der Waals surface area contributed by atoms with Crippen molar-refractivity contribution in [3.8, 4) is 11.5 Å². The lowest BCUT2D eigenvalue weighted by Gasteiger charge is -2.09. The second-order valence-electron chi connectivity index (χ2n) is 5.97. The van der Waals surface area contributed by atoms with Crippen LogP contribution >= 0.6 is 0 Å². The highest BCUT2D eigenvalue weighted by atomic mass is 16.5. The highest BCUT2D eigenvalue weighted by Gasteiger charge is 2.08. The van der Waals surface area contributed by atoms with Gasteiger partial charge in [-0.3, -0.25) is 9.48 Å². The van der Waals surface area contributed by atoms with E-state index < -0.39 is 0 Å². The minimum Gasteiger partial charge on any atom is -0.493 e. The van der Waals surface area contributed by atoms with Gasteiger partial charge in [0, 0.05) is 18.5 Å². The topological polar surface area (TPSA) is 78.3 Å². The van der Waals surface area contributed by atoms with Gasteiger partial charge < -0.3 is 14.8 Å². The van der Waals surface area contributed by atoms with Crippen molar-refractivity contribution >= 4 is 28.7 Å². The summed E-state index contributed by atoms with van der Waals surface area (Å²) in [4.78, 5) is 16.6. The molecule has 0 aliphatic carbocycles. The lowest BCUT2D eigenvalue weighted by Crippen LogP contribution is -2.08. The summed E-state index contributed by atoms with van der Waals surface area (Å²) in [6.45, 7) is 4.35. The molecule has 7 nitrogen and oxygen atoms in total. The van der Waals surface area contributed by atoms with Gasteiger partial charge in [0.05, 0.1) is 31.3 Å². The average molecular weight is 366 g/mol. The van der Waals surface area contributed by atoms with Gasteiger partial charge in [-0.05, 0) is 43.7 Å². The molecule has 0 aliphatic rings. The number of ether oxygens (including phenoxy) is 2. The van der Waals surface area contributed by atoms with E-state index in [-0.39, 0.29) is 5.91 Å². The van der Waals surface area contributed by atoms with Gasteiger partial charge in [0.25, 0.3) is 0 Å². The monoisotopic (exact) mass is 366 g/mol. The van der Waals surface area contributed by atoms with Crippen molar-refractivity contribution in [2.24, 2.45) is 7.05 Å². The van der Waals surface area contributed by atoms with Crippen LogP contribution in [-0.4, -0.2) is 34.4 Å². The molecule has 1 amide bonds. The largest absolute Gasteiger partial charge is 0.493 e. The Bertz CT molecular complexity index is 1010. The first-order valence-electron chi connectivity index (χ1n) is 8.61.